The Kier molecular flexibility index (Phi) is 6.15. The van der Waals surface area contributed by atoms with Crippen LogP contribution in [-0.4, -0.2) is 33.6 Å². The van der Waals surface area contributed by atoms with Gasteiger partial charge in [0.1, 0.15) is 19.0 Å². The molecule has 0 aliphatic rings. The van der Waals surface area contributed by atoms with Crippen LogP contribution < -0.4 is 4.74 Å². The van der Waals surface area contributed by atoms with E-state index in [9.17, 15) is 9.59 Å². The van der Waals surface area contributed by atoms with E-state index in [4.69, 9.17) is 14.2 Å². The highest BCUT2D eigenvalue weighted by atomic mass is 16.7. The molecule has 0 radical (unpaired) electrons. The monoisotopic (exact) mass is 284 g/mol. The van der Waals surface area contributed by atoms with Crippen LogP contribution in [0.4, 0.5) is 9.59 Å². The van der Waals surface area contributed by atoms with Crippen molar-refractivity contribution in [2.75, 3.05) is 21.3 Å². The third-order valence-corrected chi connectivity index (χ3v) is 2.38. The van der Waals surface area contributed by atoms with Crippen molar-refractivity contribution in [3.8, 4) is 5.75 Å². The molecule has 0 aliphatic heterocycles. The van der Waals surface area contributed by atoms with Gasteiger partial charge >= 0.3 is 12.3 Å². The molecule has 0 N–H and O–H groups in total. The Morgan fingerprint density at radius 2 is 1.55 bits per heavy atom. The van der Waals surface area contributed by atoms with Crippen LogP contribution in [0, 0.1) is 0 Å². The van der Waals surface area contributed by atoms with Gasteiger partial charge in [0.05, 0.1) is 21.3 Å². The number of carbonyl (C=O) groups is 2. The van der Waals surface area contributed by atoms with Crippen molar-refractivity contribution >= 4 is 12.3 Å². The minimum Gasteiger partial charge on any atom is -0.496 e. The van der Waals surface area contributed by atoms with Crippen LogP contribution >= 0.6 is 0 Å². The normalized spacial score (nSPS) is 9.55. The van der Waals surface area contributed by atoms with E-state index in [1.165, 1.54) is 21.3 Å². The second-order valence-corrected chi connectivity index (χ2v) is 3.63. The highest BCUT2D eigenvalue weighted by Crippen LogP contribution is 2.21. The zero-order valence-corrected chi connectivity index (χ0v) is 11.5. The van der Waals surface area contributed by atoms with E-state index in [1.54, 1.807) is 18.2 Å². The maximum Gasteiger partial charge on any atom is 0.508 e. The third-order valence-electron chi connectivity index (χ3n) is 2.38. The van der Waals surface area contributed by atoms with Crippen molar-refractivity contribution in [3.05, 3.63) is 29.3 Å². The molecule has 0 bridgehead atoms. The fourth-order valence-corrected chi connectivity index (χ4v) is 1.43. The lowest BCUT2D eigenvalue weighted by atomic mass is 10.1. The summed E-state index contributed by atoms with van der Waals surface area (Å²) in [6.45, 7) is 0.0316. The van der Waals surface area contributed by atoms with Gasteiger partial charge in [0, 0.05) is 5.56 Å². The van der Waals surface area contributed by atoms with E-state index in [2.05, 4.69) is 9.47 Å². The molecular weight excluding hydrogens is 268 g/mol. The van der Waals surface area contributed by atoms with E-state index in [-0.39, 0.29) is 13.2 Å². The Bertz CT molecular complexity index is 470. The highest BCUT2D eigenvalue weighted by Gasteiger charge is 2.09. The number of hydrogen-bond acceptors (Lipinski definition) is 7. The molecule has 0 aliphatic carbocycles. The van der Waals surface area contributed by atoms with Gasteiger partial charge in [0.25, 0.3) is 0 Å². The molecule has 0 saturated heterocycles. The van der Waals surface area contributed by atoms with Crippen molar-refractivity contribution < 1.29 is 33.3 Å². The van der Waals surface area contributed by atoms with Crippen LogP contribution in [-0.2, 0) is 32.2 Å². The van der Waals surface area contributed by atoms with Gasteiger partial charge in [-0.2, -0.15) is 0 Å². The topological polar surface area (TPSA) is 80.3 Å². The van der Waals surface area contributed by atoms with Crippen LogP contribution in [0.25, 0.3) is 0 Å². The molecule has 7 heteroatoms. The van der Waals surface area contributed by atoms with Gasteiger partial charge in [-0.25, -0.2) is 9.59 Å². The van der Waals surface area contributed by atoms with E-state index in [0.717, 1.165) is 0 Å². The molecule has 0 unspecified atom stereocenters. The van der Waals surface area contributed by atoms with Gasteiger partial charge in [0.2, 0.25) is 0 Å². The van der Waals surface area contributed by atoms with Gasteiger partial charge in [-0.15, -0.1) is 0 Å². The SMILES string of the molecule is COC(=O)OCc1ccc(OC)c(COC(=O)OC)c1. The zero-order valence-electron chi connectivity index (χ0n) is 11.5. The minimum atomic E-state index is -0.789. The first-order valence-corrected chi connectivity index (χ1v) is 5.68. The van der Waals surface area contributed by atoms with Gasteiger partial charge < -0.3 is 23.7 Å². The Hall–Kier alpha value is -2.44. The number of carbonyl (C=O) groups excluding carboxylic acids is 2. The molecule has 1 rings (SSSR count). The second-order valence-electron chi connectivity index (χ2n) is 3.63. The molecule has 110 valence electrons. The number of benzene rings is 1. The van der Waals surface area contributed by atoms with Crippen molar-refractivity contribution in [2.45, 2.75) is 13.2 Å². The molecule has 0 saturated carbocycles. The van der Waals surface area contributed by atoms with Gasteiger partial charge in [-0.05, 0) is 17.7 Å². The number of rotatable bonds is 5. The summed E-state index contributed by atoms with van der Waals surface area (Å²) in [6.07, 6.45) is -1.56. The maximum atomic E-state index is 11.0. The maximum absolute atomic E-state index is 11.0. The van der Waals surface area contributed by atoms with E-state index < -0.39 is 12.3 Å². The lowest BCUT2D eigenvalue weighted by Crippen LogP contribution is -2.07. The third kappa shape index (κ3) is 4.68. The van der Waals surface area contributed by atoms with Crippen molar-refractivity contribution in [2.24, 2.45) is 0 Å². The molecular formula is C13H16O7. The Morgan fingerprint density at radius 3 is 2.10 bits per heavy atom. The number of methoxy groups -OCH3 is 3. The molecule has 0 spiro atoms. The van der Waals surface area contributed by atoms with Crippen molar-refractivity contribution in [3.63, 3.8) is 0 Å². The average Bonchev–Trinajstić information content (AvgIpc) is 2.49. The smallest absolute Gasteiger partial charge is 0.496 e. The molecule has 0 fully saturated rings. The number of hydrogen-bond donors (Lipinski definition) is 0. The van der Waals surface area contributed by atoms with E-state index in [1.807, 2.05) is 0 Å². The average molecular weight is 284 g/mol. The molecule has 20 heavy (non-hydrogen) atoms. The predicted molar refractivity (Wildman–Crippen MR) is 67.4 cm³/mol. The zero-order chi connectivity index (χ0) is 15.0. The molecule has 0 atom stereocenters. The lowest BCUT2D eigenvalue weighted by molar-refractivity contribution is 0.0658. The number of ether oxygens (including phenoxy) is 5. The summed E-state index contributed by atoms with van der Waals surface area (Å²) < 4.78 is 23.6. The first kappa shape index (κ1) is 15.6. The van der Waals surface area contributed by atoms with Crippen LogP contribution in [0.2, 0.25) is 0 Å². The van der Waals surface area contributed by atoms with Gasteiger partial charge in [0.15, 0.2) is 0 Å². The Balaban J connectivity index is 2.74. The summed E-state index contributed by atoms with van der Waals surface area (Å²) in [7, 11) is 3.95. The Morgan fingerprint density at radius 1 is 0.950 bits per heavy atom. The summed E-state index contributed by atoms with van der Waals surface area (Å²) >= 11 is 0. The van der Waals surface area contributed by atoms with E-state index in [0.29, 0.717) is 16.9 Å². The predicted octanol–water partition coefficient (Wildman–Crippen LogP) is 2.26. The summed E-state index contributed by atoms with van der Waals surface area (Å²) in [5.74, 6) is 0.552. The van der Waals surface area contributed by atoms with Gasteiger partial charge in [-0.3, -0.25) is 0 Å². The van der Waals surface area contributed by atoms with Crippen molar-refractivity contribution in [1.29, 1.82) is 0 Å². The lowest BCUT2D eigenvalue weighted by Gasteiger charge is -2.11. The van der Waals surface area contributed by atoms with Crippen LogP contribution in [0.1, 0.15) is 11.1 Å². The first-order chi connectivity index (χ1) is 9.60. The van der Waals surface area contributed by atoms with Crippen LogP contribution in [0.15, 0.2) is 18.2 Å². The van der Waals surface area contributed by atoms with Crippen LogP contribution in [0.5, 0.6) is 5.75 Å². The Labute approximate surface area is 116 Å². The largest absolute Gasteiger partial charge is 0.508 e. The molecule has 0 aromatic heterocycles. The summed E-state index contributed by atoms with van der Waals surface area (Å²) in [5.41, 5.74) is 1.34. The molecule has 1 aromatic rings. The molecule has 0 amide bonds. The highest BCUT2D eigenvalue weighted by molar-refractivity contribution is 5.60. The molecule has 0 heterocycles. The first-order valence-electron chi connectivity index (χ1n) is 5.68. The fourth-order valence-electron chi connectivity index (χ4n) is 1.43. The second kappa shape index (κ2) is 7.88. The van der Waals surface area contributed by atoms with Crippen LogP contribution in [0.3, 0.4) is 0 Å². The standard InChI is InChI=1S/C13H16O7/c1-16-11-5-4-9(7-19-12(14)17-2)6-10(11)8-20-13(15)18-3/h4-6H,7-8H2,1-3H3. The summed E-state index contributed by atoms with van der Waals surface area (Å²) in [6, 6.07) is 5.11. The van der Waals surface area contributed by atoms with E-state index >= 15 is 0 Å². The molecule has 7 nitrogen and oxygen atoms in total. The van der Waals surface area contributed by atoms with Gasteiger partial charge in [-0.1, -0.05) is 6.07 Å². The fraction of sp³-hybridized carbons (Fsp3) is 0.385. The quantitative estimate of drug-likeness (QED) is 0.767. The molecule has 1 aromatic carbocycles. The summed E-state index contributed by atoms with van der Waals surface area (Å²) in [5, 5.41) is 0. The minimum absolute atomic E-state index is 0.0120. The summed E-state index contributed by atoms with van der Waals surface area (Å²) in [4.78, 5) is 21.8. The van der Waals surface area contributed by atoms with Crippen molar-refractivity contribution in [1.82, 2.24) is 0 Å².